The number of ether oxygens (including phenoxy) is 6. The topological polar surface area (TPSA) is 213 Å². The number of hydrogen-bond acceptors (Lipinski definition) is 18. The standard InChI is InChI=1S/C32H30O18/c1-32(17-42-29(36)48-45-26(33)20-5-11-23(39-2)12-6-20,18-43-30(37)49-46-27(34)21-7-13-24(40-3)14-8-21)19-44-31(38)50-47-28(35)22-9-15-25(41-4)16-10-22/h5-16H,17-19H2,1-4H3. The molecule has 0 aromatic heterocycles. The largest absolute Gasteiger partial charge is 0.549 e. The van der Waals surface area contributed by atoms with Crippen molar-refractivity contribution >= 4 is 36.4 Å². The molecule has 266 valence electrons. The highest BCUT2D eigenvalue weighted by molar-refractivity contribution is 5.90. The average Bonchev–Trinajstić information content (AvgIpc) is 3.15. The Hall–Kier alpha value is -6.72. The first-order valence-corrected chi connectivity index (χ1v) is 14.0. The number of hydrogen-bond donors (Lipinski definition) is 0. The fourth-order valence-electron chi connectivity index (χ4n) is 3.44. The molecule has 0 aliphatic rings. The molecule has 18 heteroatoms. The Bertz CT molecular complexity index is 1420. The minimum absolute atomic E-state index is 0.0163. The zero-order valence-electron chi connectivity index (χ0n) is 26.9. The summed E-state index contributed by atoms with van der Waals surface area (Å²) in [5, 5.41) is 0. The molecule has 0 N–H and O–H groups in total. The Morgan fingerprint density at radius 2 is 0.660 bits per heavy atom. The molecule has 3 aromatic carbocycles. The van der Waals surface area contributed by atoms with Crippen molar-refractivity contribution in [2.75, 3.05) is 41.2 Å². The summed E-state index contributed by atoms with van der Waals surface area (Å²) < 4.78 is 29.8. The molecule has 0 aliphatic heterocycles. The molecule has 0 atom stereocenters. The summed E-state index contributed by atoms with van der Waals surface area (Å²) in [6, 6.07) is 16.9. The lowest BCUT2D eigenvalue weighted by Gasteiger charge is -2.26. The Morgan fingerprint density at radius 3 is 0.880 bits per heavy atom. The molecular weight excluding hydrogens is 672 g/mol. The van der Waals surface area contributed by atoms with Crippen molar-refractivity contribution in [1.29, 1.82) is 0 Å². The molecular formula is C32H30O18. The Balaban J connectivity index is 1.54. The summed E-state index contributed by atoms with van der Waals surface area (Å²) in [4.78, 5) is 99.4. The third kappa shape index (κ3) is 12.1. The van der Waals surface area contributed by atoms with Gasteiger partial charge in [0.1, 0.15) is 37.1 Å². The fourth-order valence-corrected chi connectivity index (χ4v) is 3.44. The van der Waals surface area contributed by atoms with Gasteiger partial charge in [-0.25, -0.2) is 43.7 Å². The maximum atomic E-state index is 12.2. The first kappa shape index (κ1) is 37.7. The van der Waals surface area contributed by atoms with E-state index in [1.54, 1.807) is 0 Å². The molecule has 3 rings (SSSR count). The fraction of sp³-hybridized carbons (Fsp3) is 0.250. The molecule has 0 bridgehead atoms. The Labute approximate surface area is 283 Å². The van der Waals surface area contributed by atoms with E-state index in [2.05, 4.69) is 29.3 Å². The lowest BCUT2D eigenvalue weighted by atomic mass is 9.94. The highest BCUT2D eigenvalue weighted by atomic mass is 17.2. The van der Waals surface area contributed by atoms with Gasteiger partial charge in [-0.3, -0.25) is 0 Å². The van der Waals surface area contributed by atoms with Gasteiger partial charge in [0.25, 0.3) is 0 Å². The molecule has 0 heterocycles. The monoisotopic (exact) mass is 702 g/mol. The summed E-state index contributed by atoms with van der Waals surface area (Å²) in [5.41, 5.74) is -1.54. The van der Waals surface area contributed by atoms with Gasteiger partial charge in [0.2, 0.25) is 0 Å². The summed E-state index contributed by atoms with van der Waals surface area (Å²) in [5.74, 6) is -1.74. The lowest BCUT2D eigenvalue weighted by molar-refractivity contribution is -0.216. The van der Waals surface area contributed by atoms with Gasteiger partial charge in [0.05, 0.1) is 43.4 Å². The number of rotatable bonds is 12. The van der Waals surface area contributed by atoms with Crippen LogP contribution in [0, 0.1) is 5.41 Å². The van der Waals surface area contributed by atoms with Gasteiger partial charge in [-0.1, -0.05) is 0 Å². The quantitative estimate of drug-likeness (QED) is 0.107. The molecule has 0 aliphatic carbocycles. The predicted octanol–water partition coefficient (Wildman–Crippen LogP) is 4.79. The van der Waals surface area contributed by atoms with Crippen LogP contribution >= 0.6 is 0 Å². The summed E-state index contributed by atoms with van der Waals surface area (Å²) in [7, 11) is 4.29. The molecule has 0 saturated carbocycles. The van der Waals surface area contributed by atoms with Gasteiger partial charge in [0.15, 0.2) is 0 Å². The van der Waals surface area contributed by atoms with Crippen molar-refractivity contribution in [1.82, 2.24) is 0 Å². The molecule has 0 amide bonds. The van der Waals surface area contributed by atoms with Crippen LogP contribution in [0.3, 0.4) is 0 Å². The second kappa shape index (κ2) is 18.6. The molecule has 0 saturated heterocycles. The van der Waals surface area contributed by atoms with E-state index in [9.17, 15) is 28.8 Å². The van der Waals surface area contributed by atoms with Gasteiger partial charge in [-0.05, 0) is 79.7 Å². The highest BCUT2D eigenvalue weighted by Crippen LogP contribution is 2.21. The number of benzene rings is 3. The Morgan fingerprint density at radius 1 is 0.420 bits per heavy atom. The van der Waals surface area contributed by atoms with Crippen molar-refractivity contribution in [2.24, 2.45) is 5.41 Å². The van der Waals surface area contributed by atoms with E-state index in [4.69, 9.17) is 28.4 Å². The van der Waals surface area contributed by atoms with Crippen LogP contribution in [0.5, 0.6) is 17.2 Å². The van der Waals surface area contributed by atoms with E-state index >= 15 is 0 Å². The highest BCUT2D eigenvalue weighted by Gasteiger charge is 2.33. The van der Waals surface area contributed by atoms with Crippen molar-refractivity contribution in [3.63, 3.8) is 0 Å². The van der Waals surface area contributed by atoms with Crippen LogP contribution in [0.1, 0.15) is 38.0 Å². The first-order chi connectivity index (χ1) is 23.9. The Kier molecular flexibility index (Phi) is 14.0. The van der Waals surface area contributed by atoms with Gasteiger partial charge < -0.3 is 28.4 Å². The molecule has 0 unspecified atom stereocenters. The van der Waals surface area contributed by atoms with Crippen molar-refractivity contribution in [2.45, 2.75) is 6.92 Å². The van der Waals surface area contributed by atoms with E-state index in [-0.39, 0.29) is 16.7 Å². The van der Waals surface area contributed by atoms with Crippen molar-refractivity contribution < 1.29 is 86.5 Å². The maximum absolute atomic E-state index is 12.2. The smallest absolute Gasteiger partial charge is 0.497 e. The average molecular weight is 703 g/mol. The molecule has 50 heavy (non-hydrogen) atoms. The van der Waals surface area contributed by atoms with Crippen LogP contribution in [0.15, 0.2) is 72.8 Å². The van der Waals surface area contributed by atoms with Gasteiger partial charge in [0, 0.05) is 0 Å². The van der Waals surface area contributed by atoms with Crippen LogP contribution in [0.25, 0.3) is 0 Å². The molecule has 0 spiro atoms. The summed E-state index contributed by atoms with van der Waals surface area (Å²) in [6.07, 6.45) is -4.53. The van der Waals surface area contributed by atoms with E-state index in [1.807, 2.05) is 0 Å². The SMILES string of the molecule is COc1ccc(C(=O)OOC(=O)OCC(C)(COC(=O)OOC(=O)c2ccc(OC)cc2)COC(=O)OOC(=O)c2ccc(OC)cc2)cc1. The number of methoxy groups -OCH3 is 3. The van der Waals surface area contributed by atoms with Crippen LogP contribution < -0.4 is 14.2 Å². The van der Waals surface area contributed by atoms with Gasteiger partial charge in [-0.2, -0.15) is 14.4 Å². The molecule has 0 fully saturated rings. The van der Waals surface area contributed by atoms with Gasteiger partial charge >= 0.3 is 36.4 Å². The molecule has 3 aromatic rings. The zero-order chi connectivity index (χ0) is 36.5. The van der Waals surface area contributed by atoms with Gasteiger partial charge in [-0.15, -0.1) is 0 Å². The summed E-state index contributed by atoms with van der Waals surface area (Å²) >= 11 is 0. The number of carbonyl (C=O) groups is 6. The first-order valence-electron chi connectivity index (χ1n) is 14.0. The van der Waals surface area contributed by atoms with E-state index in [0.29, 0.717) is 17.2 Å². The van der Waals surface area contributed by atoms with E-state index < -0.39 is 61.6 Å². The van der Waals surface area contributed by atoms with Crippen LogP contribution in [-0.4, -0.2) is 77.5 Å². The van der Waals surface area contributed by atoms with Crippen molar-refractivity contribution in [3.8, 4) is 17.2 Å². The molecule has 0 radical (unpaired) electrons. The minimum Gasteiger partial charge on any atom is -0.497 e. The van der Waals surface area contributed by atoms with E-state index in [1.165, 1.54) is 101 Å². The van der Waals surface area contributed by atoms with Crippen molar-refractivity contribution in [3.05, 3.63) is 89.5 Å². The van der Waals surface area contributed by atoms with Crippen LogP contribution in [-0.2, 0) is 43.5 Å². The minimum atomic E-state index is -1.59. The van der Waals surface area contributed by atoms with Crippen LogP contribution in [0.2, 0.25) is 0 Å². The summed E-state index contributed by atoms with van der Waals surface area (Å²) in [6.45, 7) is -0.811. The van der Waals surface area contributed by atoms with E-state index in [0.717, 1.165) is 0 Å². The normalized spacial score (nSPS) is 10.3. The van der Waals surface area contributed by atoms with Crippen LogP contribution in [0.4, 0.5) is 14.4 Å². The predicted molar refractivity (Wildman–Crippen MR) is 161 cm³/mol. The second-order valence-corrected chi connectivity index (χ2v) is 9.97. The maximum Gasteiger partial charge on any atom is 0.549 e. The second-order valence-electron chi connectivity index (χ2n) is 9.97. The lowest BCUT2D eigenvalue weighted by Crippen LogP contribution is -2.37. The third-order valence-electron chi connectivity index (χ3n) is 6.15. The zero-order valence-corrected chi connectivity index (χ0v) is 26.9. The third-order valence-corrected chi connectivity index (χ3v) is 6.15. The number of carbonyl (C=O) groups excluding carboxylic acids is 6. The molecule has 18 nitrogen and oxygen atoms in total.